The Hall–Kier alpha value is -1.48. The molecule has 27 heavy (non-hydrogen) atoms. The van der Waals surface area contributed by atoms with Gasteiger partial charge in [-0.3, -0.25) is 9.69 Å². The number of carbonyl (C=O) groups is 1. The van der Waals surface area contributed by atoms with Crippen molar-refractivity contribution in [1.82, 2.24) is 13.5 Å². The first-order chi connectivity index (χ1) is 12.8. The number of carbonyl (C=O) groups excluding carboxylic acids is 1. The molecule has 2 aliphatic heterocycles. The van der Waals surface area contributed by atoms with Crippen LogP contribution < -0.4 is 5.32 Å². The lowest BCUT2D eigenvalue weighted by Gasteiger charge is -2.38. The number of aryl methyl sites for hydroxylation is 1. The smallest absolute Gasteiger partial charge is 0.282 e. The van der Waals surface area contributed by atoms with Crippen LogP contribution in [0.3, 0.4) is 0 Å². The molecule has 2 heterocycles. The lowest BCUT2D eigenvalue weighted by Crippen LogP contribution is -2.55. The van der Waals surface area contributed by atoms with E-state index in [2.05, 4.69) is 12.2 Å². The molecule has 8 heteroatoms. The maximum atomic E-state index is 12.8. The summed E-state index contributed by atoms with van der Waals surface area (Å²) in [6.07, 6.45) is 1.86. The highest BCUT2D eigenvalue weighted by Gasteiger charge is 2.34. The molecule has 1 amide bonds. The number of nitrogens with zero attached hydrogens (tertiary/aromatic N) is 3. The van der Waals surface area contributed by atoms with Crippen molar-refractivity contribution < 1.29 is 13.2 Å². The average Bonchev–Trinajstić information content (AvgIpc) is 2.64. The molecule has 1 aromatic rings. The number of rotatable bonds is 5. The largest absolute Gasteiger partial charge is 0.325 e. The van der Waals surface area contributed by atoms with E-state index in [0.717, 1.165) is 24.1 Å². The van der Waals surface area contributed by atoms with E-state index >= 15 is 0 Å². The maximum absolute atomic E-state index is 12.8. The van der Waals surface area contributed by atoms with Gasteiger partial charge in [-0.1, -0.05) is 24.6 Å². The Labute approximate surface area is 162 Å². The van der Waals surface area contributed by atoms with Crippen LogP contribution in [-0.4, -0.2) is 73.6 Å². The first-order valence-corrected chi connectivity index (χ1v) is 11.1. The van der Waals surface area contributed by atoms with Crippen LogP contribution in [0.5, 0.6) is 0 Å². The van der Waals surface area contributed by atoms with Crippen LogP contribution in [0.15, 0.2) is 24.3 Å². The molecule has 0 bridgehead atoms. The van der Waals surface area contributed by atoms with Crippen molar-refractivity contribution in [2.24, 2.45) is 5.92 Å². The van der Waals surface area contributed by atoms with Crippen molar-refractivity contribution in [2.45, 2.75) is 26.7 Å². The van der Waals surface area contributed by atoms with Gasteiger partial charge in [0.05, 0.1) is 6.54 Å². The van der Waals surface area contributed by atoms with Crippen LogP contribution in [0.25, 0.3) is 0 Å². The zero-order valence-corrected chi connectivity index (χ0v) is 17.0. The SMILES string of the molecule is Cc1ccc(NC(=O)CN2CCN(S(=O)(=O)N3CCC(C)CC3)CC2)cc1. The topological polar surface area (TPSA) is 73.0 Å². The fraction of sp³-hybridized carbons (Fsp3) is 0.632. The molecule has 0 unspecified atom stereocenters. The molecule has 7 nitrogen and oxygen atoms in total. The second-order valence-corrected chi connectivity index (χ2v) is 9.61. The second kappa shape index (κ2) is 8.68. The van der Waals surface area contributed by atoms with E-state index in [1.165, 1.54) is 0 Å². The molecule has 0 saturated carbocycles. The van der Waals surface area contributed by atoms with Crippen LogP contribution in [0.4, 0.5) is 5.69 Å². The fourth-order valence-corrected chi connectivity index (χ4v) is 5.16. The van der Waals surface area contributed by atoms with Gasteiger partial charge < -0.3 is 5.32 Å². The summed E-state index contributed by atoms with van der Waals surface area (Å²) in [5, 5.41) is 2.89. The van der Waals surface area contributed by atoms with E-state index < -0.39 is 10.2 Å². The van der Waals surface area contributed by atoms with Crippen LogP contribution in [0.2, 0.25) is 0 Å². The summed E-state index contributed by atoms with van der Waals surface area (Å²) < 4.78 is 28.8. The van der Waals surface area contributed by atoms with Crippen LogP contribution in [-0.2, 0) is 15.0 Å². The Balaban J connectivity index is 1.47. The summed E-state index contributed by atoms with van der Waals surface area (Å²) in [5.74, 6) is 0.528. The number of piperidine rings is 1. The van der Waals surface area contributed by atoms with E-state index in [0.29, 0.717) is 45.2 Å². The molecule has 0 spiro atoms. The van der Waals surface area contributed by atoms with Gasteiger partial charge in [-0.15, -0.1) is 0 Å². The summed E-state index contributed by atoms with van der Waals surface area (Å²) in [6, 6.07) is 7.69. The summed E-state index contributed by atoms with van der Waals surface area (Å²) >= 11 is 0. The van der Waals surface area contributed by atoms with Gasteiger partial charge in [0.2, 0.25) is 5.91 Å². The molecular formula is C19H30N4O3S. The number of amides is 1. The monoisotopic (exact) mass is 394 g/mol. The van der Waals surface area contributed by atoms with Crippen molar-refractivity contribution in [3.63, 3.8) is 0 Å². The third kappa shape index (κ3) is 5.28. The minimum atomic E-state index is -3.37. The van der Waals surface area contributed by atoms with Crippen LogP contribution in [0.1, 0.15) is 25.3 Å². The predicted octanol–water partition coefficient (Wildman–Crippen LogP) is 1.53. The summed E-state index contributed by atoms with van der Waals surface area (Å²) in [4.78, 5) is 14.2. The molecule has 1 N–H and O–H groups in total. The number of hydrogen-bond acceptors (Lipinski definition) is 4. The van der Waals surface area contributed by atoms with Gasteiger partial charge in [0.25, 0.3) is 10.2 Å². The van der Waals surface area contributed by atoms with E-state index in [9.17, 15) is 13.2 Å². The highest BCUT2D eigenvalue weighted by Crippen LogP contribution is 2.21. The van der Waals surface area contributed by atoms with Crippen LogP contribution >= 0.6 is 0 Å². The molecule has 0 aromatic heterocycles. The number of nitrogens with one attached hydrogen (secondary N) is 1. The van der Waals surface area contributed by atoms with Gasteiger partial charge in [0.1, 0.15) is 0 Å². The third-order valence-electron chi connectivity index (χ3n) is 5.43. The molecule has 0 aliphatic carbocycles. The van der Waals surface area contributed by atoms with Gasteiger partial charge >= 0.3 is 0 Å². The molecule has 2 saturated heterocycles. The Morgan fingerprint density at radius 3 is 2.15 bits per heavy atom. The Morgan fingerprint density at radius 1 is 1.00 bits per heavy atom. The third-order valence-corrected chi connectivity index (χ3v) is 7.46. The summed E-state index contributed by atoms with van der Waals surface area (Å²) in [5.41, 5.74) is 1.93. The Kier molecular flexibility index (Phi) is 6.52. The molecule has 150 valence electrons. The Bertz CT molecular complexity index is 735. The molecular weight excluding hydrogens is 364 g/mol. The van der Waals surface area contributed by atoms with E-state index in [1.54, 1.807) is 8.61 Å². The minimum Gasteiger partial charge on any atom is -0.325 e. The zero-order valence-electron chi connectivity index (χ0n) is 16.2. The van der Waals surface area contributed by atoms with Crippen molar-refractivity contribution in [2.75, 3.05) is 51.1 Å². The molecule has 0 atom stereocenters. The number of piperazine rings is 1. The molecule has 2 fully saturated rings. The quantitative estimate of drug-likeness (QED) is 0.822. The number of benzene rings is 1. The molecule has 0 radical (unpaired) electrons. The standard InChI is InChI=1S/C19H30N4O3S/c1-16-3-5-18(6-4-16)20-19(24)15-21-11-13-23(14-12-21)27(25,26)22-9-7-17(2)8-10-22/h3-6,17H,7-15H2,1-2H3,(H,20,24). The second-order valence-electron chi connectivity index (χ2n) is 7.68. The van der Waals surface area contributed by atoms with E-state index in [1.807, 2.05) is 36.1 Å². The Morgan fingerprint density at radius 2 is 1.56 bits per heavy atom. The highest BCUT2D eigenvalue weighted by atomic mass is 32.2. The minimum absolute atomic E-state index is 0.0693. The van der Waals surface area contributed by atoms with Crippen molar-refractivity contribution in [3.05, 3.63) is 29.8 Å². The van der Waals surface area contributed by atoms with Gasteiger partial charge in [0, 0.05) is 45.0 Å². The first-order valence-electron chi connectivity index (χ1n) is 9.68. The predicted molar refractivity (Wildman–Crippen MR) is 107 cm³/mol. The van der Waals surface area contributed by atoms with E-state index in [-0.39, 0.29) is 12.5 Å². The van der Waals surface area contributed by atoms with Gasteiger partial charge in [-0.2, -0.15) is 17.0 Å². The van der Waals surface area contributed by atoms with Crippen molar-refractivity contribution >= 4 is 21.8 Å². The summed E-state index contributed by atoms with van der Waals surface area (Å²) in [6.45, 7) is 7.70. The zero-order chi connectivity index (χ0) is 19.4. The number of hydrogen-bond donors (Lipinski definition) is 1. The molecule has 3 rings (SSSR count). The lowest BCUT2D eigenvalue weighted by atomic mass is 10.0. The molecule has 1 aromatic carbocycles. The average molecular weight is 395 g/mol. The first kappa shape index (κ1) is 20.3. The maximum Gasteiger partial charge on any atom is 0.282 e. The van der Waals surface area contributed by atoms with Crippen molar-refractivity contribution in [3.8, 4) is 0 Å². The van der Waals surface area contributed by atoms with Gasteiger partial charge in [-0.25, -0.2) is 0 Å². The van der Waals surface area contributed by atoms with Crippen LogP contribution in [0, 0.1) is 12.8 Å². The van der Waals surface area contributed by atoms with Crippen molar-refractivity contribution in [1.29, 1.82) is 0 Å². The van der Waals surface area contributed by atoms with Gasteiger partial charge in [-0.05, 0) is 37.8 Å². The number of anilines is 1. The van der Waals surface area contributed by atoms with E-state index in [4.69, 9.17) is 0 Å². The molecule has 2 aliphatic rings. The normalized spacial score (nSPS) is 21.3. The highest BCUT2D eigenvalue weighted by molar-refractivity contribution is 7.86. The lowest BCUT2D eigenvalue weighted by molar-refractivity contribution is -0.117. The summed E-state index contributed by atoms with van der Waals surface area (Å²) in [7, 11) is -3.37. The van der Waals surface area contributed by atoms with Gasteiger partial charge in [0.15, 0.2) is 0 Å². The fourth-order valence-electron chi connectivity index (χ4n) is 3.54.